The first kappa shape index (κ1) is 13.1. The molecule has 0 atom stereocenters. The summed E-state index contributed by atoms with van der Waals surface area (Å²) in [6, 6.07) is 0. The van der Waals surface area contributed by atoms with Crippen molar-refractivity contribution in [3.05, 3.63) is 17.5 Å². The van der Waals surface area contributed by atoms with Gasteiger partial charge in [0.25, 0.3) is 0 Å². The Balaban J connectivity index is 2.63. The fraction of sp³-hybridized carbons (Fsp3) is 0.500. The molecule has 0 unspecified atom stereocenters. The molecule has 0 aliphatic rings. The molecule has 0 saturated heterocycles. The second-order valence-corrected chi connectivity index (χ2v) is 5.01. The number of anilines is 1. The van der Waals surface area contributed by atoms with E-state index in [0.29, 0.717) is 6.61 Å². The summed E-state index contributed by atoms with van der Waals surface area (Å²) < 4.78 is 30.2. The summed E-state index contributed by atoms with van der Waals surface area (Å²) in [5.74, 6) is -0.117. The van der Waals surface area contributed by atoms with Crippen molar-refractivity contribution in [2.24, 2.45) is 0 Å². The fourth-order valence-electron chi connectivity index (χ4n) is 0.901. The lowest BCUT2D eigenvalue weighted by Crippen LogP contribution is -2.21. The molecule has 1 heterocycles. The van der Waals surface area contributed by atoms with Gasteiger partial charge in [0, 0.05) is 19.0 Å². The average Bonchev–Trinajstić information content (AvgIpc) is 2.21. The van der Waals surface area contributed by atoms with Gasteiger partial charge in [-0.2, -0.15) is 0 Å². The maximum atomic E-state index is 11.5. The Morgan fingerprint density at radius 1 is 1.44 bits per heavy atom. The lowest BCUT2D eigenvalue weighted by atomic mass is 10.7. The van der Waals surface area contributed by atoms with E-state index in [1.807, 2.05) is 0 Å². The van der Waals surface area contributed by atoms with Crippen LogP contribution in [0.5, 0.6) is 0 Å². The molecule has 0 radical (unpaired) electrons. The highest BCUT2D eigenvalue weighted by Crippen LogP contribution is 2.15. The highest BCUT2D eigenvalue weighted by Gasteiger charge is 2.13. The summed E-state index contributed by atoms with van der Waals surface area (Å²) in [7, 11) is -3.49. The van der Waals surface area contributed by atoms with E-state index in [9.17, 15) is 8.42 Å². The maximum Gasteiger partial charge on any atom is 0.236 e. The second kappa shape index (κ2) is 5.97. The number of nitrogens with zero attached hydrogens (tertiary/aromatic N) is 2. The Morgan fingerprint density at radius 2 is 2.12 bits per heavy atom. The second-order valence-electron chi connectivity index (χ2n) is 2.81. The molecule has 6 nitrogen and oxygen atoms in total. The molecule has 0 saturated carbocycles. The van der Waals surface area contributed by atoms with E-state index >= 15 is 0 Å². The third-order valence-electron chi connectivity index (χ3n) is 1.61. The summed E-state index contributed by atoms with van der Waals surface area (Å²) in [6.45, 7) is 2.39. The van der Waals surface area contributed by atoms with Gasteiger partial charge in [0.1, 0.15) is 0 Å². The topological polar surface area (TPSA) is 81.2 Å². The van der Waals surface area contributed by atoms with Crippen LogP contribution in [-0.2, 0) is 14.8 Å². The molecule has 0 fully saturated rings. The molecular weight excluding hydrogens is 254 g/mol. The molecule has 1 N–H and O–H groups in total. The normalized spacial score (nSPS) is 11.4. The van der Waals surface area contributed by atoms with Crippen LogP contribution in [0.4, 0.5) is 5.82 Å². The summed E-state index contributed by atoms with van der Waals surface area (Å²) in [4.78, 5) is 7.47. The highest BCUT2D eigenvalue weighted by atomic mass is 35.5. The summed E-state index contributed by atoms with van der Waals surface area (Å²) in [6.07, 6.45) is 2.73. The van der Waals surface area contributed by atoms with Crippen LogP contribution in [0.3, 0.4) is 0 Å². The van der Waals surface area contributed by atoms with Gasteiger partial charge in [0.2, 0.25) is 10.0 Å². The molecule has 8 heteroatoms. The van der Waals surface area contributed by atoms with Crippen molar-refractivity contribution in [2.75, 3.05) is 23.7 Å². The number of rotatable bonds is 6. The van der Waals surface area contributed by atoms with E-state index in [2.05, 4.69) is 14.7 Å². The van der Waals surface area contributed by atoms with E-state index in [0.717, 1.165) is 0 Å². The van der Waals surface area contributed by atoms with E-state index in [1.54, 1.807) is 6.92 Å². The van der Waals surface area contributed by atoms with Crippen molar-refractivity contribution in [1.29, 1.82) is 0 Å². The van der Waals surface area contributed by atoms with Crippen molar-refractivity contribution >= 4 is 27.4 Å². The SMILES string of the molecule is CCOCCS(=O)(=O)Nc1nccnc1Cl. The maximum absolute atomic E-state index is 11.5. The summed E-state index contributed by atoms with van der Waals surface area (Å²) in [5, 5.41) is 0.0162. The van der Waals surface area contributed by atoms with E-state index < -0.39 is 10.0 Å². The Hall–Kier alpha value is -0.920. The van der Waals surface area contributed by atoms with Crippen LogP contribution in [-0.4, -0.2) is 37.4 Å². The zero-order valence-electron chi connectivity index (χ0n) is 8.68. The minimum Gasteiger partial charge on any atom is -0.381 e. The van der Waals surface area contributed by atoms with Crippen LogP contribution in [0, 0.1) is 0 Å². The molecule has 16 heavy (non-hydrogen) atoms. The number of hydrogen-bond donors (Lipinski definition) is 1. The minimum absolute atomic E-state index is 0.0162. The van der Waals surface area contributed by atoms with E-state index in [1.165, 1.54) is 12.4 Å². The fourth-order valence-corrected chi connectivity index (χ4v) is 1.99. The first-order chi connectivity index (χ1) is 7.55. The van der Waals surface area contributed by atoms with Gasteiger partial charge >= 0.3 is 0 Å². The molecule has 0 aliphatic heterocycles. The van der Waals surface area contributed by atoms with Crippen LogP contribution >= 0.6 is 11.6 Å². The van der Waals surface area contributed by atoms with Gasteiger partial charge < -0.3 is 4.74 Å². The molecule has 90 valence electrons. The molecule has 0 bridgehead atoms. The third kappa shape index (κ3) is 4.30. The lowest BCUT2D eigenvalue weighted by molar-refractivity contribution is 0.163. The van der Waals surface area contributed by atoms with E-state index in [-0.39, 0.29) is 23.3 Å². The van der Waals surface area contributed by atoms with Crippen molar-refractivity contribution in [2.45, 2.75) is 6.92 Å². The zero-order chi connectivity index (χ0) is 12.0. The Labute approximate surface area is 99.1 Å². The molecule has 1 aromatic rings. The number of sulfonamides is 1. The number of halogens is 1. The molecule has 0 aliphatic carbocycles. The molecule has 0 aromatic carbocycles. The molecule has 1 aromatic heterocycles. The Bertz CT molecular complexity index is 438. The number of hydrogen-bond acceptors (Lipinski definition) is 5. The monoisotopic (exact) mass is 265 g/mol. The van der Waals surface area contributed by atoms with E-state index in [4.69, 9.17) is 16.3 Å². The van der Waals surface area contributed by atoms with Gasteiger partial charge in [-0.15, -0.1) is 0 Å². The average molecular weight is 266 g/mol. The summed E-state index contributed by atoms with van der Waals surface area (Å²) in [5.41, 5.74) is 0. The predicted molar refractivity (Wildman–Crippen MR) is 60.9 cm³/mol. The Kier molecular flexibility index (Phi) is 4.91. The van der Waals surface area contributed by atoms with Gasteiger partial charge in [-0.1, -0.05) is 11.6 Å². The minimum atomic E-state index is -3.49. The lowest BCUT2D eigenvalue weighted by Gasteiger charge is -2.07. The standard InChI is InChI=1S/C8H12ClN3O3S/c1-2-15-5-6-16(13,14)12-8-7(9)10-3-4-11-8/h3-4H,2,5-6H2,1H3,(H,11,12). The number of ether oxygens (including phenoxy) is 1. The first-order valence-electron chi connectivity index (χ1n) is 4.60. The first-order valence-corrected chi connectivity index (χ1v) is 6.63. The number of nitrogens with one attached hydrogen (secondary N) is 1. The van der Waals surface area contributed by atoms with Gasteiger partial charge in [0.15, 0.2) is 11.0 Å². The van der Waals surface area contributed by atoms with Crippen LogP contribution in [0.25, 0.3) is 0 Å². The van der Waals surface area contributed by atoms with Gasteiger partial charge in [-0.05, 0) is 6.92 Å². The quantitative estimate of drug-likeness (QED) is 0.773. The van der Waals surface area contributed by atoms with Crippen molar-refractivity contribution < 1.29 is 13.2 Å². The van der Waals surface area contributed by atoms with Crippen LogP contribution in [0.1, 0.15) is 6.92 Å². The van der Waals surface area contributed by atoms with Crippen LogP contribution < -0.4 is 4.72 Å². The van der Waals surface area contributed by atoms with Crippen LogP contribution in [0.15, 0.2) is 12.4 Å². The molecular formula is C8H12ClN3O3S. The van der Waals surface area contributed by atoms with Crippen molar-refractivity contribution in [3.8, 4) is 0 Å². The molecule has 1 rings (SSSR count). The molecule has 0 spiro atoms. The highest BCUT2D eigenvalue weighted by molar-refractivity contribution is 7.92. The Morgan fingerprint density at radius 3 is 2.75 bits per heavy atom. The smallest absolute Gasteiger partial charge is 0.236 e. The van der Waals surface area contributed by atoms with Gasteiger partial charge in [-0.25, -0.2) is 18.4 Å². The third-order valence-corrected chi connectivity index (χ3v) is 3.09. The van der Waals surface area contributed by atoms with Crippen molar-refractivity contribution in [1.82, 2.24) is 9.97 Å². The number of aromatic nitrogens is 2. The zero-order valence-corrected chi connectivity index (χ0v) is 10.3. The van der Waals surface area contributed by atoms with Crippen molar-refractivity contribution in [3.63, 3.8) is 0 Å². The largest absolute Gasteiger partial charge is 0.381 e. The predicted octanol–water partition coefficient (Wildman–Crippen LogP) is 0.908. The molecule has 0 amide bonds. The van der Waals surface area contributed by atoms with Crippen LogP contribution in [0.2, 0.25) is 5.15 Å². The van der Waals surface area contributed by atoms with Gasteiger partial charge in [-0.3, -0.25) is 4.72 Å². The summed E-state index contributed by atoms with van der Waals surface area (Å²) >= 11 is 5.66. The van der Waals surface area contributed by atoms with Gasteiger partial charge in [0.05, 0.1) is 12.4 Å².